The lowest BCUT2D eigenvalue weighted by atomic mass is 10.1. The highest BCUT2D eigenvalue weighted by Gasteiger charge is 2.16. The lowest BCUT2D eigenvalue weighted by Crippen LogP contribution is -2.19. The summed E-state index contributed by atoms with van der Waals surface area (Å²) in [6, 6.07) is 13.0. The van der Waals surface area contributed by atoms with Crippen molar-refractivity contribution in [2.24, 2.45) is 5.73 Å². The minimum atomic E-state index is -0.602. The summed E-state index contributed by atoms with van der Waals surface area (Å²) in [5, 5.41) is 9.21. The summed E-state index contributed by atoms with van der Waals surface area (Å²) in [6.07, 6.45) is -0.550. The molecular formula is C15H12ClFN2O. The fourth-order valence-electron chi connectivity index (χ4n) is 1.79. The number of nitriles is 1. The zero-order valence-corrected chi connectivity index (χ0v) is 11.3. The largest absolute Gasteiger partial charge is 0.481 e. The van der Waals surface area contributed by atoms with Gasteiger partial charge in [0, 0.05) is 17.1 Å². The van der Waals surface area contributed by atoms with E-state index in [2.05, 4.69) is 0 Å². The van der Waals surface area contributed by atoms with Gasteiger partial charge < -0.3 is 10.5 Å². The molecule has 0 saturated carbocycles. The standard InChI is InChI=1S/C15H12ClFN2O/c16-12-4-2-1-3-11(12)15(9-19)20-14-6-5-10(8-18)7-13(14)17/h1-7,15H,9,19H2. The Hall–Kier alpha value is -2.09. The van der Waals surface area contributed by atoms with Gasteiger partial charge in [-0.2, -0.15) is 5.26 Å². The van der Waals surface area contributed by atoms with Crippen LogP contribution in [0.25, 0.3) is 0 Å². The van der Waals surface area contributed by atoms with Gasteiger partial charge in [0.2, 0.25) is 0 Å². The molecule has 2 aromatic carbocycles. The van der Waals surface area contributed by atoms with Crippen molar-refractivity contribution in [1.29, 1.82) is 5.26 Å². The van der Waals surface area contributed by atoms with Crippen LogP contribution in [0.15, 0.2) is 42.5 Å². The van der Waals surface area contributed by atoms with E-state index < -0.39 is 11.9 Å². The van der Waals surface area contributed by atoms with Crippen LogP contribution < -0.4 is 10.5 Å². The van der Waals surface area contributed by atoms with Gasteiger partial charge in [-0.3, -0.25) is 0 Å². The van der Waals surface area contributed by atoms with Crippen LogP contribution in [-0.4, -0.2) is 6.54 Å². The normalized spacial score (nSPS) is 11.7. The van der Waals surface area contributed by atoms with E-state index in [0.717, 1.165) is 6.07 Å². The first kappa shape index (κ1) is 14.3. The maximum atomic E-state index is 13.8. The average Bonchev–Trinajstić information content (AvgIpc) is 2.47. The molecule has 0 amide bonds. The summed E-state index contributed by atoms with van der Waals surface area (Å²) in [5.41, 5.74) is 6.60. The molecule has 102 valence electrons. The van der Waals surface area contributed by atoms with Crippen molar-refractivity contribution in [2.45, 2.75) is 6.10 Å². The Balaban J connectivity index is 2.28. The SMILES string of the molecule is N#Cc1ccc(OC(CN)c2ccccc2Cl)c(F)c1. The molecule has 2 N–H and O–H groups in total. The summed E-state index contributed by atoms with van der Waals surface area (Å²) < 4.78 is 19.4. The quantitative estimate of drug-likeness (QED) is 0.938. The molecule has 5 heteroatoms. The highest BCUT2D eigenvalue weighted by molar-refractivity contribution is 6.31. The molecule has 20 heavy (non-hydrogen) atoms. The highest BCUT2D eigenvalue weighted by atomic mass is 35.5. The lowest BCUT2D eigenvalue weighted by molar-refractivity contribution is 0.204. The van der Waals surface area contributed by atoms with Crippen LogP contribution in [-0.2, 0) is 0 Å². The van der Waals surface area contributed by atoms with Gasteiger partial charge in [-0.25, -0.2) is 4.39 Å². The van der Waals surface area contributed by atoms with E-state index in [9.17, 15) is 4.39 Å². The second kappa shape index (κ2) is 6.38. The summed E-state index contributed by atoms with van der Waals surface area (Å²) in [4.78, 5) is 0. The predicted molar refractivity (Wildman–Crippen MR) is 75.0 cm³/mol. The van der Waals surface area contributed by atoms with Crippen molar-refractivity contribution in [3.8, 4) is 11.8 Å². The number of benzene rings is 2. The van der Waals surface area contributed by atoms with Crippen LogP contribution in [0.1, 0.15) is 17.2 Å². The minimum Gasteiger partial charge on any atom is -0.481 e. The molecule has 1 atom stereocenters. The average molecular weight is 291 g/mol. The van der Waals surface area contributed by atoms with E-state index in [1.54, 1.807) is 18.2 Å². The number of nitrogens with zero attached hydrogens (tertiary/aromatic N) is 1. The van der Waals surface area contributed by atoms with E-state index in [1.165, 1.54) is 12.1 Å². The zero-order chi connectivity index (χ0) is 14.5. The Labute approximate surface area is 121 Å². The van der Waals surface area contributed by atoms with E-state index in [0.29, 0.717) is 10.6 Å². The van der Waals surface area contributed by atoms with Gasteiger partial charge in [0.05, 0.1) is 11.6 Å². The number of hydrogen-bond acceptors (Lipinski definition) is 3. The molecule has 0 aromatic heterocycles. The first-order valence-electron chi connectivity index (χ1n) is 5.96. The van der Waals surface area contributed by atoms with E-state index in [-0.39, 0.29) is 17.9 Å². The van der Waals surface area contributed by atoms with Crippen molar-refractivity contribution < 1.29 is 9.13 Å². The first-order valence-corrected chi connectivity index (χ1v) is 6.34. The Kier molecular flexibility index (Phi) is 4.57. The minimum absolute atomic E-state index is 0.0411. The molecule has 0 saturated heterocycles. The van der Waals surface area contributed by atoms with Crippen molar-refractivity contribution >= 4 is 11.6 Å². The molecule has 0 heterocycles. The summed E-state index contributed by atoms with van der Waals surface area (Å²) in [7, 11) is 0. The van der Waals surface area contributed by atoms with Crippen molar-refractivity contribution in [3.05, 3.63) is 64.4 Å². The van der Waals surface area contributed by atoms with Crippen LogP contribution in [0.5, 0.6) is 5.75 Å². The van der Waals surface area contributed by atoms with Crippen LogP contribution in [0.2, 0.25) is 5.02 Å². The molecule has 0 aliphatic rings. The van der Waals surface area contributed by atoms with Crippen LogP contribution in [0, 0.1) is 17.1 Å². The Morgan fingerprint density at radius 1 is 1.30 bits per heavy atom. The third kappa shape index (κ3) is 3.08. The summed E-state index contributed by atoms with van der Waals surface area (Å²) in [5.74, 6) is -0.561. The van der Waals surface area contributed by atoms with Crippen LogP contribution in [0.4, 0.5) is 4.39 Å². The van der Waals surface area contributed by atoms with Gasteiger partial charge in [0.1, 0.15) is 6.10 Å². The lowest BCUT2D eigenvalue weighted by Gasteiger charge is -2.19. The van der Waals surface area contributed by atoms with Gasteiger partial charge in [-0.05, 0) is 24.3 Å². The van der Waals surface area contributed by atoms with Gasteiger partial charge in [0.25, 0.3) is 0 Å². The van der Waals surface area contributed by atoms with Gasteiger partial charge >= 0.3 is 0 Å². The van der Waals surface area contributed by atoms with Crippen molar-refractivity contribution in [2.75, 3.05) is 6.54 Å². The predicted octanol–water partition coefficient (Wildman–Crippen LogP) is 3.43. The third-order valence-corrected chi connectivity index (χ3v) is 3.14. The first-order chi connectivity index (χ1) is 9.65. The topological polar surface area (TPSA) is 59.0 Å². The van der Waals surface area contributed by atoms with E-state index >= 15 is 0 Å². The second-order valence-corrected chi connectivity index (χ2v) is 4.53. The Morgan fingerprint density at radius 2 is 2.05 bits per heavy atom. The molecule has 0 spiro atoms. The maximum absolute atomic E-state index is 13.8. The molecule has 0 radical (unpaired) electrons. The zero-order valence-electron chi connectivity index (χ0n) is 10.5. The molecule has 0 bridgehead atoms. The molecular weight excluding hydrogens is 279 g/mol. The Morgan fingerprint density at radius 3 is 2.65 bits per heavy atom. The number of halogens is 2. The molecule has 3 nitrogen and oxygen atoms in total. The monoisotopic (exact) mass is 290 g/mol. The third-order valence-electron chi connectivity index (χ3n) is 2.80. The maximum Gasteiger partial charge on any atom is 0.166 e. The summed E-state index contributed by atoms with van der Waals surface area (Å²) in [6.45, 7) is 0.156. The van der Waals surface area contributed by atoms with Gasteiger partial charge in [-0.1, -0.05) is 29.8 Å². The Bertz CT molecular complexity index is 655. The second-order valence-electron chi connectivity index (χ2n) is 4.12. The number of hydrogen-bond donors (Lipinski definition) is 1. The number of rotatable bonds is 4. The number of nitrogens with two attached hydrogens (primary N) is 1. The molecule has 2 aromatic rings. The van der Waals surface area contributed by atoms with Crippen molar-refractivity contribution in [1.82, 2.24) is 0 Å². The molecule has 1 unspecified atom stereocenters. The van der Waals surface area contributed by atoms with Crippen LogP contribution in [0.3, 0.4) is 0 Å². The van der Waals surface area contributed by atoms with Gasteiger partial charge in [0.15, 0.2) is 11.6 Å². The molecule has 0 aliphatic heterocycles. The van der Waals surface area contributed by atoms with E-state index in [4.69, 9.17) is 27.3 Å². The van der Waals surface area contributed by atoms with Crippen LogP contribution >= 0.6 is 11.6 Å². The van der Waals surface area contributed by atoms with Crippen molar-refractivity contribution in [3.63, 3.8) is 0 Å². The number of ether oxygens (including phenoxy) is 1. The fraction of sp³-hybridized carbons (Fsp3) is 0.133. The highest BCUT2D eigenvalue weighted by Crippen LogP contribution is 2.28. The van der Waals surface area contributed by atoms with Gasteiger partial charge in [-0.15, -0.1) is 0 Å². The molecule has 2 rings (SSSR count). The fourth-order valence-corrected chi connectivity index (χ4v) is 2.05. The molecule has 0 fully saturated rings. The van der Waals surface area contributed by atoms with E-state index in [1.807, 2.05) is 12.1 Å². The summed E-state index contributed by atoms with van der Waals surface area (Å²) >= 11 is 6.08. The smallest absolute Gasteiger partial charge is 0.166 e. The molecule has 0 aliphatic carbocycles.